The van der Waals surface area contributed by atoms with Crippen LogP contribution in [0.3, 0.4) is 0 Å². The van der Waals surface area contributed by atoms with Gasteiger partial charge in [-0.05, 0) is 43.2 Å². The molecule has 0 radical (unpaired) electrons. The first-order valence-corrected chi connectivity index (χ1v) is 9.35. The third-order valence-electron chi connectivity index (χ3n) is 5.18. The summed E-state index contributed by atoms with van der Waals surface area (Å²) in [6.07, 6.45) is 6.57. The Balaban J connectivity index is 1.65. The van der Waals surface area contributed by atoms with Gasteiger partial charge in [0.25, 0.3) is 0 Å². The first kappa shape index (κ1) is 17.2. The van der Waals surface area contributed by atoms with Crippen LogP contribution in [0.1, 0.15) is 49.1 Å². The highest BCUT2D eigenvalue weighted by atomic mass is 16.3. The number of likely N-dealkylation sites (tertiary alicyclic amines) is 1. The van der Waals surface area contributed by atoms with Crippen LogP contribution in [0, 0.1) is 0 Å². The third-order valence-corrected chi connectivity index (χ3v) is 5.18. The molecule has 0 aromatic heterocycles. The molecule has 2 atom stereocenters. The number of rotatable bonds is 7. The zero-order chi connectivity index (χ0) is 16.6. The molecule has 0 amide bonds. The van der Waals surface area contributed by atoms with Gasteiger partial charge < -0.3 is 5.11 Å². The maximum Gasteiger partial charge on any atom is 0.114 e. The molecule has 2 heteroatoms. The summed E-state index contributed by atoms with van der Waals surface area (Å²) in [6, 6.07) is 21.2. The molecular formula is C22H29NO. The van der Waals surface area contributed by atoms with Crippen LogP contribution in [-0.2, 0) is 6.42 Å². The minimum absolute atomic E-state index is 0.202. The van der Waals surface area contributed by atoms with Crippen molar-refractivity contribution in [1.29, 1.82) is 0 Å². The summed E-state index contributed by atoms with van der Waals surface area (Å²) in [6.45, 7) is 2.06. The van der Waals surface area contributed by atoms with E-state index in [9.17, 15) is 5.11 Å². The molecule has 0 bridgehead atoms. The molecule has 2 nitrogen and oxygen atoms in total. The van der Waals surface area contributed by atoms with Crippen LogP contribution in [0.25, 0.3) is 0 Å². The predicted molar refractivity (Wildman–Crippen MR) is 100.0 cm³/mol. The summed E-state index contributed by atoms with van der Waals surface area (Å²) in [5, 5.41) is 11.0. The lowest BCUT2D eigenvalue weighted by molar-refractivity contribution is -0.0294. The molecule has 2 aromatic rings. The van der Waals surface area contributed by atoms with Gasteiger partial charge in [0, 0.05) is 19.0 Å². The molecule has 1 N–H and O–H groups in total. The average Bonchev–Trinajstić information content (AvgIpc) is 2.67. The molecule has 24 heavy (non-hydrogen) atoms. The molecule has 0 aliphatic carbocycles. The number of aryl methyl sites for hydroxylation is 1. The van der Waals surface area contributed by atoms with Gasteiger partial charge in [-0.1, -0.05) is 67.1 Å². The van der Waals surface area contributed by atoms with Gasteiger partial charge in [-0.3, -0.25) is 4.90 Å². The van der Waals surface area contributed by atoms with E-state index in [-0.39, 0.29) is 12.1 Å². The topological polar surface area (TPSA) is 23.5 Å². The van der Waals surface area contributed by atoms with Gasteiger partial charge in [-0.25, -0.2) is 0 Å². The molecule has 1 heterocycles. The van der Waals surface area contributed by atoms with E-state index >= 15 is 0 Å². The van der Waals surface area contributed by atoms with E-state index in [1.165, 1.54) is 30.4 Å². The molecule has 2 aromatic carbocycles. The molecular weight excluding hydrogens is 294 g/mol. The Bertz CT molecular complexity index is 577. The van der Waals surface area contributed by atoms with Crippen molar-refractivity contribution in [3.05, 3.63) is 71.8 Å². The predicted octanol–water partition coefficient (Wildman–Crippen LogP) is 4.60. The minimum Gasteiger partial charge on any atom is -0.378 e. The monoisotopic (exact) mass is 323 g/mol. The van der Waals surface area contributed by atoms with Crippen LogP contribution >= 0.6 is 0 Å². The summed E-state index contributed by atoms with van der Waals surface area (Å²) >= 11 is 0. The first-order valence-electron chi connectivity index (χ1n) is 9.35. The second kappa shape index (κ2) is 9.00. The van der Waals surface area contributed by atoms with Gasteiger partial charge in [-0.2, -0.15) is 0 Å². The maximum absolute atomic E-state index is 11.0. The van der Waals surface area contributed by atoms with Crippen LogP contribution in [0.2, 0.25) is 0 Å². The van der Waals surface area contributed by atoms with E-state index in [2.05, 4.69) is 65.6 Å². The van der Waals surface area contributed by atoms with E-state index in [1.54, 1.807) is 0 Å². The highest BCUT2D eigenvalue weighted by Crippen LogP contribution is 2.29. The number of aliphatic hydroxyl groups is 1. The lowest BCUT2D eigenvalue weighted by Gasteiger charge is -2.36. The summed E-state index contributed by atoms with van der Waals surface area (Å²) in [7, 11) is 0. The van der Waals surface area contributed by atoms with E-state index < -0.39 is 0 Å². The van der Waals surface area contributed by atoms with Crippen molar-refractivity contribution in [3.63, 3.8) is 0 Å². The van der Waals surface area contributed by atoms with Gasteiger partial charge in [-0.15, -0.1) is 0 Å². The van der Waals surface area contributed by atoms with Crippen LogP contribution < -0.4 is 0 Å². The standard InChI is InChI=1S/C22H29NO/c24-22(23-17-8-3-9-18-23)21(20-14-6-2-7-15-20)16-10-13-19-11-4-1-5-12-19/h1-2,4-7,11-12,14-15,21-22,24H,3,8-10,13,16-18H2. The van der Waals surface area contributed by atoms with Gasteiger partial charge >= 0.3 is 0 Å². The van der Waals surface area contributed by atoms with Crippen molar-refractivity contribution < 1.29 is 5.11 Å². The van der Waals surface area contributed by atoms with E-state index in [0.717, 1.165) is 32.4 Å². The zero-order valence-corrected chi connectivity index (χ0v) is 14.5. The highest BCUT2D eigenvalue weighted by Gasteiger charge is 2.27. The van der Waals surface area contributed by atoms with E-state index in [4.69, 9.17) is 0 Å². The zero-order valence-electron chi connectivity index (χ0n) is 14.5. The Morgan fingerprint density at radius 1 is 0.833 bits per heavy atom. The SMILES string of the molecule is OC(C(CCCc1ccccc1)c1ccccc1)N1CCCCC1. The fourth-order valence-electron chi connectivity index (χ4n) is 3.80. The number of hydrogen-bond donors (Lipinski definition) is 1. The molecule has 0 spiro atoms. The molecule has 1 fully saturated rings. The first-order chi connectivity index (χ1) is 11.8. The van der Waals surface area contributed by atoms with Gasteiger partial charge in [0.15, 0.2) is 0 Å². The summed E-state index contributed by atoms with van der Waals surface area (Å²) in [5.74, 6) is 0.202. The van der Waals surface area contributed by atoms with Crippen molar-refractivity contribution >= 4 is 0 Å². The average molecular weight is 323 g/mol. The fourth-order valence-corrected chi connectivity index (χ4v) is 3.80. The summed E-state index contributed by atoms with van der Waals surface area (Å²) in [5.41, 5.74) is 2.65. The molecule has 1 aliphatic heterocycles. The molecule has 3 rings (SSSR count). The highest BCUT2D eigenvalue weighted by molar-refractivity contribution is 5.21. The molecule has 2 unspecified atom stereocenters. The Kier molecular flexibility index (Phi) is 6.45. The normalized spacial score (nSPS) is 18.2. The van der Waals surface area contributed by atoms with E-state index in [0.29, 0.717) is 0 Å². The third kappa shape index (κ3) is 4.68. The number of benzene rings is 2. The van der Waals surface area contributed by atoms with E-state index in [1.807, 2.05) is 0 Å². The Labute approximate surface area is 146 Å². The number of nitrogens with zero attached hydrogens (tertiary/aromatic N) is 1. The fraction of sp³-hybridized carbons (Fsp3) is 0.455. The second-order valence-corrected chi connectivity index (χ2v) is 6.91. The molecule has 128 valence electrons. The lowest BCUT2D eigenvalue weighted by atomic mass is 9.89. The number of hydrogen-bond acceptors (Lipinski definition) is 2. The summed E-state index contributed by atoms with van der Waals surface area (Å²) < 4.78 is 0. The van der Waals surface area contributed by atoms with Gasteiger partial charge in [0.05, 0.1) is 0 Å². The van der Waals surface area contributed by atoms with Crippen molar-refractivity contribution in [2.45, 2.75) is 50.7 Å². The van der Waals surface area contributed by atoms with Crippen molar-refractivity contribution in [2.75, 3.05) is 13.1 Å². The second-order valence-electron chi connectivity index (χ2n) is 6.91. The largest absolute Gasteiger partial charge is 0.378 e. The van der Waals surface area contributed by atoms with Crippen LogP contribution in [-0.4, -0.2) is 29.3 Å². The Hall–Kier alpha value is -1.64. The minimum atomic E-state index is -0.358. The number of aliphatic hydroxyl groups excluding tert-OH is 1. The Morgan fingerprint density at radius 2 is 1.46 bits per heavy atom. The van der Waals surface area contributed by atoms with Crippen molar-refractivity contribution in [1.82, 2.24) is 4.90 Å². The van der Waals surface area contributed by atoms with Crippen LogP contribution in [0.15, 0.2) is 60.7 Å². The molecule has 1 saturated heterocycles. The van der Waals surface area contributed by atoms with Gasteiger partial charge in [0.2, 0.25) is 0 Å². The maximum atomic E-state index is 11.0. The quantitative estimate of drug-likeness (QED) is 0.805. The van der Waals surface area contributed by atoms with Crippen LogP contribution in [0.5, 0.6) is 0 Å². The molecule has 1 aliphatic rings. The molecule has 0 saturated carbocycles. The van der Waals surface area contributed by atoms with Gasteiger partial charge in [0.1, 0.15) is 6.23 Å². The summed E-state index contributed by atoms with van der Waals surface area (Å²) in [4.78, 5) is 2.28. The Morgan fingerprint density at radius 3 is 2.12 bits per heavy atom. The van der Waals surface area contributed by atoms with Crippen molar-refractivity contribution in [2.24, 2.45) is 0 Å². The van der Waals surface area contributed by atoms with Crippen molar-refractivity contribution in [3.8, 4) is 0 Å². The van der Waals surface area contributed by atoms with Crippen LogP contribution in [0.4, 0.5) is 0 Å². The smallest absolute Gasteiger partial charge is 0.114 e. The number of piperidine rings is 1. The lowest BCUT2D eigenvalue weighted by Crippen LogP contribution is -2.42.